The van der Waals surface area contributed by atoms with Crippen molar-refractivity contribution in [3.05, 3.63) is 106 Å². The first-order chi connectivity index (χ1) is 21.6. The monoisotopic (exact) mass is 650 g/mol. The molecule has 0 radical (unpaired) electrons. The Kier molecular flexibility index (Phi) is 11.8. The number of nitrogens with one attached hydrogen (secondary N) is 3. The fourth-order valence-electron chi connectivity index (χ4n) is 3.88. The van der Waals surface area contributed by atoms with Gasteiger partial charge >= 0.3 is 5.97 Å². The van der Waals surface area contributed by atoms with Gasteiger partial charge in [0.25, 0.3) is 23.3 Å². The predicted molar refractivity (Wildman–Crippen MR) is 172 cm³/mol. The minimum absolute atomic E-state index is 0.133. The summed E-state index contributed by atoms with van der Waals surface area (Å²) >= 11 is 6.00. The fourth-order valence-corrected chi connectivity index (χ4v) is 4.06. The summed E-state index contributed by atoms with van der Waals surface area (Å²) in [7, 11) is 0. The van der Waals surface area contributed by atoms with Gasteiger partial charge in [0.05, 0.1) is 10.7 Å². The number of hydrogen-bond acceptors (Lipinski definition) is 8. The van der Waals surface area contributed by atoms with Gasteiger partial charge in [-0.25, -0.2) is 5.01 Å². The highest BCUT2D eigenvalue weighted by Gasteiger charge is 2.26. The number of ether oxygens (including phenoxy) is 1. The van der Waals surface area contributed by atoms with E-state index in [2.05, 4.69) is 16.1 Å². The summed E-state index contributed by atoms with van der Waals surface area (Å²) in [6, 6.07) is 14.9. The van der Waals surface area contributed by atoms with E-state index in [9.17, 15) is 28.8 Å². The maximum atomic E-state index is 13.3. The number of nitrogen functional groups attached to an aromatic ring is 1. The molecule has 5 N–H and O–H groups in total. The molecule has 0 saturated carbocycles. The van der Waals surface area contributed by atoms with Crippen molar-refractivity contribution in [2.45, 2.75) is 45.9 Å². The van der Waals surface area contributed by atoms with Crippen molar-refractivity contribution in [3.63, 3.8) is 0 Å². The van der Waals surface area contributed by atoms with Crippen LogP contribution in [0.4, 0.5) is 11.4 Å². The highest BCUT2D eigenvalue weighted by molar-refractivity contribution is 6.33. The van der Waals surface area contributed by atoms with Crippen molar-refractivity contribution >= 4 is 52.6 Å². The molecule has 1 aromatic heterocycles. The van der Waals surface area contributed by atoms with E-state index in [1.54, 1.807) is 20.8 Å². The van der Waals surface area contributed by atoms with E-state index < -0.39 is 53.3 Å². The number of halogens is 1. The van der Waals surface area contributed by atoms with Crippen molar-refractivity contribution < 1.29 is 28.7 Å². The first kappa shape index (κ1) is 35.1. The molecule has 0 aliphatic carbocycles. The maximum Gasteiger partial charge on any atom is 0.328 e. The average molecular weight is 651 g/mol. The zero-order valence-corrected chi connectivity index (χ0v) is 26.5. The number of pyridine rings is 1. The smallest absolute Gasteiger partial charge is 0.328 e. The van der Waals surface area contributed by atoms with Gasteiger partial charge in [-0.2, -0.15) is 0 Å². The van der Waals surface area contributed by atoms with Crippen LogP contribution in [0, 0.1) is 0 Å². The van der Waals surface area contributed by atoms with E-state index in [-0.39, 0.29) is 28.5 Å². The van der Waals surface area contributed by atoms with Gasteiger partial charge in [0, 0.05) is 30.5 Å². The van der Waals surface area contributed by atoms with E-state index in [0.717, 1.165) is 22.3 Å². The number of carbonyl (C=O) groups is 5. The van der Waals surface area contributed by atoms with Gasteiger partial charge in [-0.1, -0.05) is 41.9 Å². The molecule has 0 saturated heterocycles. The third-order valence-electron chi connectivity index (χ3n) is 6.19. The molecule has 0 bridgehead atoms. The molecule has 242 valence electrons. The Bertz CT molecular complexity index is 1700. The summed E-state index contributed by atoms with van der Waals surface area (Å²) in [6.45, 7) is 5.80. The average Bonchev–Trinajstić information content (AvgIpc) is 3.00. The zero-order chi connectivity index (χ0) is 34.0. The standard InChI is InChI=1S/C32H35ClN6O7/c1-20(38-16-8-11-25(31(38)45)36-30(44)22-12-13-24(34)23(33)17-22)29(43)37-39(19-28(42)46-32(2,3)4)27(41)15-14-26(40)35-18-21-9-6-5-7-10-21/h5-17,20H,18-19,34H2,1-4H3,(H,35,40)(H,36,44)(H,37,43)/b15-14+. The van der Waals surface area contributed by atoms with Crippen molar-refractivity contribution in [3.8, 4) is 0 Å². The molecule has 0 fully saturated rings. The van der Waals surface area contributed by atoms with Gasteiger partial charge in [-0.05, 0) is 63.6 Å². The van der Waals surface area contributed by atoms with Crippen LogP contribution >= 0.6 is 11.6 Å². The molecule has 14 heteroatoms. The molecule has 1 unspecified atom stereocenters. The van der Waals surface area contributed by atoms with Gasteiger partial charge in [0.2, 0.25) is 5.91 Å². The number of esters is 1. The molecule has 0 aliphatic rings. The predicted octanol–water partition coefficient (Wildman–Crippen LogP) is 2.97. The van der Waals surface area contributed by atoms with Crippen molar-refractivity contribution in [2.75, 3.05) is 17.6 Å². The highest BCUT2D eigenvalue weighted by Crippen LogP contribution is 2.20. The van der Waals surface area contributed by atoms with Gasteiger partial charge in [0.15, 0.2) is 0 Å². The number of hydrogen-bond donors (Lipinski definition) is 4. The molecule has 0 spiro atoms. The van der Waals surface area contributed by atoms with Crippen LogP contribution in [0.1, 0.15) is 49.7 Å². The van der Waals surface area contributed by atoms with Gasteiger partial charge < -0.3 is 25.7 Å². The van der Waals surface area contributed by atoms with Crippen LogP contribution in [-0.2, 0) is 30.5 Å². The lowest BCUT2D eigenvalue weighted by molar-refractivity contribution is -0.160. The van der Waals surface area contributed by atoms with Gasteiger partial charge in [-0.3, -0.25) is 34.2 Å². The van der Waals surface area contributed by atoms with E-state index in [4.69, 9.17) is 22.1 Å². The van der Waals surface area contributed by atoms with Gasteiger partial charge in [-0.15, -0.1) is 0 Å². The van der Waals surface area contributed by atoms with Gasteiger partial charge in [0.1, 0.15) is 23.9 Å². The largest absolute Gasteiger partial charge is 0.459 e. The Balaban J connectivity index is 1.75. The molecule has 1 atom stereocenters. The molecule has 46 heavy (non-hydrogen) atoms. The summed E-state index contributed by atoms with van der Waals surface area (Å²) < 4.78 is 6.31. The number of aromatic nitrogens is 1. The number of amides is 4. The lowest BCUT2D eigenvalue weighted by Crippen LogP contribution is -2.51. The second-order valence-corrected chi connectivity index (χ2v) is 11.4. The highest BCUT2D eigenvalue weighted by atomic mass is 35.5. The van der Waals surface area contributed by atoms with E-state index in [0.29, 0.717) is 5.01 Å². The minimum Gasteiger partial charge on any atom is -0.459 e. The Hall–Kier alpha value is -5.43. The summed E-state index contributed by atoms with van der Waals surface area (Å²) in [6.07, 6.45) is 3.18. The molecular weight excluding hydrogens is 616 g/mol. The van der Waals surface area contributed by atoms with Crippen LogP contribution in [0.2, 0.25) is 5.02 Å². The molecule has 0 aliphatic heterocycles. The van der Waals surface area contributed by atoms with Crippen molar-refractivity contribution in [1.29, 1.82) is 0 Å². The number of carbonyl (C=O) groups excluding carboxylic acids is 5. The summed E-state index contributed by atoms with van der Waals surface area (Å²) in [4.78, 5) is 77.1. The Morgan fingerprint density at radius 3 is 2.37 bits per heavy atom. The SMILES string of the molecule is CC(C(=O)NN(CC(=O)OC(C)(C)C)C(=O)/C=C/C(=O)NCc1ccccc1)n1cccc(NC(=O)c2ccc(N)c(Cl)c2)c1=O. The molecule has 1 heterocycles. The molecule has 13 nitrogen and oxygen atoms in total. The van der Waals surface area contributed by atoms with Crippen LogP contribution in [-0.4, -0.2) is 51.3 Å². The number of anilines is 2. The normalized spacial score (nSPS) is 11.8. The van der Waals surface area contributed by atoms with Crippen LogP contribution in [0.15, 0.2) is 83.8 Å². The summed E-state index contributed by atoms with van der Waals surface area (Å²) in [5.41, 5.74) is 7.55. The number of hydrazine groups is 1. The first-order valence-corrected chi connectivity index (χ1v) is 14.4. The maximum absolute atomic E-state index is 13.3. The number of benzene rings is 2. The lowest BCUT2D eigenvalue weighted by Gasteiger charge is -2.26. The van der Waals surface area contributed by atoms with Crippen molar-refractivity contribution in [1.82, 2.24) is 20.3 Å². The van der Waals surface area contributed by atoms with Crippen LogP contribution in [0.5, 0.6) is 0 Å². The second-order valence-electron chi connectivity index (χ2n) is 11.0. The number of nitrogens with two attached hydrogens (primary N) is 1. The van der Waals surface area contributed by atoms with Crippen molar-refractivity contribution in [2.24, 2.45) is 0 Å². The Labute approximate surface area is 270 Å². The van der Waals surface area contributed by atoms with E-state index >= 15 is 0 Å². The third kappa shape index (κ3) is 10.3. The summed E-state index contributed by atoms with van der Waals surface area (Å²) in [5.74, 6) is -3.81. The minimum atomic E-state index is -1.22. The summed E-state index contributed by atoms with van der Waals surface area (Å²) in [5, 5.41) is 5.96. The first-order valence-electron chi connectivity index (χ1n) is 14.1. The zero-order valence-electron chi connectivity index (χ0n) is 25.7. The lowest BCUT2D eigenvalue weighted by atomic mass is 10.2. The topological polar surface area (TPSA) is 182 Å². The van der Waals surface area contributed by atoms with Crippen LogP contribution < -0.4 is 27.4 Å². The van der Waals surface area contributed by atoms with Crippen LogP contribution in [0.25, 0.3) is 0 Å². The Morgan fingerprint density at radius 1 is 1.02 bits per heavy atom. The molecule has 2 aromatic carbocycles. The second kappa shape index (κ2) is 15.5. The fraction of sp³-hybridized carbons (Fsp3) is 0.250. The number of nitrogens with zero attached hydrogens (tertiary/aromatic N) is 2. The molecular formula is C32H35ClN6O7. The molecule has 3 aromatic rings. The van der Waals surface area contributed by atoms with E-state index in [1.165, 1.54) is 43.5 Å². The quantitative estimate of drug-likeness (QED) is 0.112. The Morgan fingerprint density at radius 2 is 1.72 bits per heavy atom. The number of rotatable bonds is 10. The molecule has 4 amide bonds. The molecule has 3 rings (SSSR count). The van der Waals surface area contributed by atoms with E-state index in [1.807, 2.05) is 30.3 Å². The third-order valence-corrected chi connectivity index (χ3v) is 6.51. The van der Waals surface area contributed by atoms with Crippen LogP contribution in [0.3, 0.4) is 0 Å².